The van der Waals surface area contributed by atoms with Gasteiger partial charge in [0.05, 0.1) is 18.8 Å². The lowest BCUT2D eigenvalue weighted by molar-refractivity contribution is 0.102. The molecule has 0 saturated carbocycles. The summed E-state index contributed by atoms with van der Waals surface area (Å²) in [7, 11) is 0. The number of anilines is 1. The number of amides is 1. The molecule has 0 aromatic carbocycles. The SMILES string of the molecule is O=C(Nc1ccncc1)c1cnc(OC2CCOC2)c(Cl)c1. The summed E-state index contributed by atoms with van der Waals surface area (Å²) in [5, 5.41) is 3.04. The first-order chi connectivity index (χ1) is 10.7. The van der Waals surface area contributed by atoms with Gasteiger partial charge in [0.25, 0.3) is 5.91 Å². The predicted octanol–water partition coefficient (Wildman–Crippen LogP) is 2.55. The van der Waals surface area contributed by atoms with Crippen molar-refractivity contribution in [2.24, 2.45) is 0 Å². The second kappa shape index (κ2) is 6.72. The van der Waals surface area contributed by atoms with Crippen molar-refractivity contribution in [3.63, 3.8) is 0 Å². The molecule has 114 valence electrons. The second-order valence-electron chi connectivity index (χ2n) is 4.80. The number of hydrogen-bond donors (Lipinski definition) is 1. The van der Waals surface area contributed by atoms with Crippen molar-refractivity contribution in [3.8, 4) is 5.88 Å². The average Bonchev–Trinajstić information content (AvgIpc) is 3.03. The molecule has 1 amide bonds. The van der Waals surface area contributed by atoms with Gasteiger partial charge in [0.15, 0.2) is 0 Å². The molecule has 7 heteroatoms. The molecule has 1 unspecified atom stereocenters. The van der Waals surface area contributed by atoms with Crippen LogP contribution in [0.3, 0.4) is 0 Å². The van der Waals surface area contributed by atoms with Gasteiger partial charge in [0.2, 0.25) is 5.88 Å². The first-order valence-corrected chi connectivity index (χ1v) is 7.21. The Labute approximate surface area is 132 Å². The minimum Gasteiger partial charge on any atom is -0.471 e. The average molecular weight is 320 g/mol. The minimum atomic E-state index is -0.295. The molecule has 1 saturated heterocycles. The summed E-state index contributed by atoms with van der Waals surface area (Å²) in [5.74, 6) is 0.0222. The van der Waals surface area contributed by atoms with Gasteiger partial charge in [-0.15, -0.1) is 0 Å². The number of nitrogens with zero attached hydrogens (tertiary/aromatic N) is 2. The van der Waals surface area contributed by atoms with Crippen molar-refractivity contribution in [1.29, 1.82) is 0 Å². The topological polar surface area (TPSA) is 73.3 Å². The molecular weight excluding hydrogens is 306 g/mol. The van der Waals surface area contributed by atoms with E-state index >= 15 is 0 Å². The van der Waals surface area contributed by atoms with Crippen LogP contribution in [0.1, 0.15) is 16.8 Å². The molecule has 0 radical (unpaired) electrons. The molecule has 1 aliphatic rings. The molecule has 0 aliphatic carbocycles. The van der Waals surface area contributed by atoms with Gasteiger partial charge in [0, 0.05) is 30.7 Å². The zero-order chi connectivity index (χ0) is 15.4. The first-order valence-electron chi connectivity index (χ1n) is 6.84. The van der Waals surface area contributed by atoms with E-state index in [-0.39, 0.29) is 12.0 Å². The third kappa shape index (κ3) is 3.52. The largest absolute Gasteiger partial charge is 0.471 e. The lowest BCUT2D eigenvalue weighted by atomic mass is 10.2. The van der Waals surface area contributed by atoms with E-state index < -0.39 is 0 Å². The Bertz CT molecular complexity index is 660. The zero-order valence-electron chi connectivity index (χ0n) is 11.7. The maximum atomic E-state index is 12.1. The van der Waals surface area contributed by atoms with Gasteiger partial charge in [0.1, 0.15) is 11.1 Å². The standard InChI is InChI=1S/C15H14ClN3O3/c16-13-7-10(14(20)19-11-1-4-17-5-2-11)8-18-15(13)22-12-3-6-21-9-12/h1-2,4-5,7-8,12H,3,6,9H2,(H,17,19,20). The molecule has 1 fully saturated rings. The van der Waals surface area contributed by atoms with Crippen molar-refractivity contribution in [1.82, 2.24) is 9.97 Å². The number of hydrogen-bond acceptors (Lipinski definition) is 5. The van der Waals surface area contributed by atoms with Crippen molar-refractivity contribution < 1.29 is 14.3 Å². The molecule has 6 nitrogen and oxygen atoms in total. The minimum absolute atomic E-state index is 0.0403. The third-order valence-electron chi connectivity index (χ3n) is 3.17. The van der Waals surface area contributed by atoms with E-state index in [1.807, 2.05) is 0 Å². The fourth-order valence-electron chi connectivity index (χ4n) is 2.04. The van der Waals surface area contributed by atoms with Gasteiger partial charge in [-0.1, -0.05) is 11.6 Å². The van der Waals surface area contributed by atoms with Crippen molar-refractivity contribution in [2.75, 3.05) is 18.5 Å². The summed E-state index contributed by atoms with van der Waals surface area (Å²) in [6.45, 7) is 1.21. The van der Waals surface area contributed by atoms with Crippen LogP contribution in [0.15, 0.2) is 36.8 Å². The van der Waals surface area contributed by atoms with E-state index in [4.69, 9.17) is 21.1 Å². The van der Waals surface area contributed by atoms with E-state index in [0.29, 0.717) is 35.4 Å². The summed E-state index contributed by atoms with van der Waals surface area (Å²) in [6.07, 6.45) is 5.40. The molecule has 0 bridgehead atoms. The summed E-state index contributed by atoms with van der Waals surface area (Å²) in [6, 6.07) is 4.94. The molecule has 1 aliphatic heterocycles. The fourth-order valence-corrected chi connectivity index (χ4v) is 2.25. The first kappa shape index (κ1) is 14.7. The molecule has 3 rings (SSSR count). The maximum Gasteiger partial charge on any atom is 0.257 e. The number of pyridine rings is 2. The molecule has 0 spiro atoms. The maximum absolute atomic E-state index is 12.1. The number of aromatic nitrogens is 2. The van der Waals surface area contributed by atoms with Crippen molar-refractivity contribution in [2.45, 2.75) is 12.5 Å². The molecule has 1 atom stereocenters. The van der Waals surface area contributed by atoms with Crippen LogP contribution in [-0.4, -0.2) is 35.2 Å². The summed E-state index contributed by atoms with van der Waals surface area (Å²) in [5.41, 5.74) is 1.01. The van der Waals surface area contributed by atoms with E-state index in [1.165, 1.54) is 12.3 Å². The molecular formula is C15H14ClN3O3. The second-order valence-corrected chi connectivity index (χ2v) is 5.21. The molecule has 2 aromatic heterocycles. The van der Waals surface area contributed by atoms with Crippen LogP contribution in [0.2, 0.25) is 5.02 Å². The number of carbonyl (C=O) groups excluding carboxylic acids is 1. The third-order valence-corrected chi connectivity index (χ3v) is 3.44. The lowest BCUT2D eigenvalue weighted by Gasteiger charge is -2.12. The highest BCUT2D eigenvalue weighted by molar-refractivity contribution is 6.32. The van der Waals surface area contributed by atoms with E-state index in [2.05, 4.69) is 15.3 Å². The van der Waals surface area contributed by atoms with Gasteiger partial charge in [-0.05, 0) is 18.2 Å². The van der Waals surface area contributed by atoms with Gasteiger partial charge in [-0.25, -0.2) is 4.98 Å². The van der Waals surface area contributed by atoms with Crippen molar-refractivity contribution in [3.05, 3.63) is 47.4 Å². The van der Waals surface area contributed by atoms with Crippen LogP contribution in [0.25, 0.3) is 0 Å². The summed E-state index contributed by atoms with van der Waals surface area (Å²) >= 11 is 6.14. The molecule has 3 heterocycles. The van der Waals surface area contributed by atoms with E-state index in [0.717, 1.165) is 6.42 Å². The summed E-state index contributed by atoms with van der Waals surface area (Å²) < 4.78 is 10.9. The highest BCUT2D eigenvalue weighted by atomic mass is 35.5. The van der Waals surface area contributed by atoms with E-state index in [9.17, 15) is 4.79 Å². The number of rotatable bonds is 4. The van der Waals surface area contributed by atoms with Gasteiger partial charge in [-0.3, -0.25) is 9.78 Å². The van der Waals surface area contributed by atoms with Gasteiger partial charge in [-0.2, -0.15) is 0 Å². The zero-order valence-corrected chi connectivity index (χ0v) is 12.4. The molecule has 1 N–H and O–H groups in total. The van der Waals surface area contributed by atoms with Gasteiger partial charge >= 0.3 is 0 Å². The smallest absolute Gasteiger partial charge is 0.257 e. The fraction of sp³-hybridized carbons (Fsp3) is 0.267. The van der Waals surface area contributed by atoms with Gasteiger partial charge < -0.3 is 14.8 Å². The number of halogens is 1. The van der Waals surface area contributed by atoms with Crippen LogP contribution >= 0.6 is 11.6 Å². The monoisotopic (exact) mass is 319 g/mol. The van der Waals surface area contributed by atoms with Crippen LogP contribution in [0.4, 0.5) is 5.69 Å². The Hall–Kier alpha value is -2.18. The Morgan fingerprint density at radius 2 is 2.23 bits per heavy atom. The molecule has 2 aromatic rings. The highest BCUT2D eigenvalue weighted by Gasteiger charge is 2.20. The Morgan fingerprint density at radius 1 is 1.41 bits per heavy atom. The molecule has 22 heavy (non-hydrogen) atoms. The van der Waals surface area contributed by atoms with Crippen LogP contribution in [-0.2, 0) is 4.74 Å². The van der Waals surface area contributed by atoms with Crippen LogP contribution in [0.5, 0.6) is 5.88 Å². The Kier molecular flexibility index (Phi) is 4.50. The number of ether oxygens (including phenoxy) is 2. The van der Waals surface area contributed by atoms with Crippen LogP contribution in [0, 0.1) is 0 Å². The van der Waals surface area contributed by atoms with Crippen molar-refractivity contribution >= 4 is 23.2 Å². The van der Waals surface area contributed by atoms with E-state index in [1.54, 1.807) is 24.5 Å². The normalized spacial score (nSPS) is 17.2. The number of nitrogens with one attached hydrogen (secondary N) is 1. The summed E-state index contributed by atoms with van der Waals surface area (Å²) in [4.78, 5) is 20.1. The quantitative estimate of drug-likeness (QED) is 0.937. The highest BCUT2D eigenvalue weighted by Crippen LogP contribution is 2.25. The van der Waals surface area contributed by atoms with Crippen LogP contribution < -0.4 is 10.1 Å². The number of carbonyl (C=O) groups is 1. The Balaban J connectivity index is 1.69. The Morgan fingerprint density at radius 3 is 2.91 bits per heavy atom. The lowest BCUT2D eigenvalue weighted by Crippen LogP contribution is -2.17. The predicted molar refractivity (Wildman–Crippen MR) is 81.3 cm³/mol.